The van der Waals surface area contributed by atoms with Gasteiger partial charge in [0.05, 0.1) is 0 Å². The Morgan fingerprint density at radius 1 is 0.846 bits per heavy atom. The van der Waals surface area contributed by atoms with E-state index < -0.39 is 24.5 Å². The van der Waals surface area contributed by atoms with Crippen molar-refractivity contribution in [2.24, 2.45) is 0 Å². The summed E-state index contributed by atoms with van der Waals surface area (Å²) in [5.74, 6) is 0. The van der Waals surface area contributed by atoms with Crippen LogP contribution in [0.2, 0.25) is 0 Å². The van der Waals surface area contributed by atoms with Crippen LogP contribution in [-0.2, 0) is 8.92 Å². The first-order valence-corrected chi connectivity index (χ1v) is 4.56. The van der Waals surface area contributed by atoms with E-state index in [1.807, 2.05) is 0 Å². The number of hydrogen-bond acceptors (Lipinski definition) is 3. The van der Waals surface area contributed by atoms with Gasteiger partial charge >= 0.3 is 54.1 Å². The van der Waals surface area contributed by atoms with Crippen molar-refractivity contribution in [3.05, 3.63) is 0 Å². The van der Waals surface area contributed by atoms with Gasteiger partial charge in [-0.2, -0.15) is 0 Å². The molecule has 0 fully saturated rings. The molecule has 0 aromatic rings. The van der Waals surface area contributed by atoms with Gasteiger partial charge in [-0.15, -0.1) is 0 Å². The minimum absolute atomic E-state index is 0. The zero-order chi connectivity index (χ0) is 10.7. The molecule has 0 aromatic heterocycles. The van der Waals surface area contributed by atoms with Crippen molar-refractivity contribution < 1.29 is 43.1 Å². The summed E-state index contributed by atoms with van der Waals surface area (Å²) in [6.45, 7) is 0. The predicted molar refractivity (Wildman–Crippen MR) is 39.6 cm³/mol. The van der Waals surface area contributed by atoms with E-state index in [4.69, 9.17) is 43.1 Å². The Hall–Kier alpha value is -0.496. The first-order valence-electron chi connectivity index (χ1n) is 1.95. The summed E-state index contributed by atoms with van der Waals surface area (Å²) in [4.78, 5) is 37.2. The molecule has 0 rings (SSSR count). The van der Waals surface area contributed by atoms with Crippen molar-refractivity contribution in [1.82, 2.24) is 0 Å². The molecule has 0 spiro atoms. The van der Waals surface area contributed by atoms with Gasteiger partial charge in [0.15, 0.2) is 0 Å². The molecule has 9 nitrogen and oxygen atoms in total. The van der Waals surface area contributed by atoms with Gasteiger partial charge in [0.1, 0.15) is 0 Å². The van der Waals surface area contributed by atoms with E-state index >= 15 is 0 Å². The Labute approximate surface area is 97.0 Å². The average molecular weight is 242 g/mol. The molecule has 0 aliphatic rings. The minimum atomic E-state index is -3.13. The van der Waals surface area contributed by atoms with E-state index in [9.17, 15) is 0 Å². The number of carboxylic acid groups (broad SMARTS) is 2. The summed E-state index contributed by atoms with van der Waals surface area (Å²) in [5.41, 5.74) is 0. The molecule has 0 atom stereocenters. The second kappa shape index (κ2) is 17.6. The van der Waals surface area contributed by atoms with Gasteiger partial charge in [-0.3, -0.25) is 8.92 Å². The summed E-state index contributed by atoms with van der Waals surface area (Å²) in [6, 6.07) is 0. The molecule has 0 saturated carbocycles. The molecule has 0 unspecified atom stereocenters. The third-order valence-corrected chi connectivity index (χ3v) is 0. The molecule has 6 N–H and O–H groups in total. The van der Waals surface area contributed by atoms with Gasteiger partial charge < -0.3 is 29.4 Å². The van der Waals surface area contributed by atoms with E-state index in [0.29, 0.717) is 0 Å². The van der Waals surface area contributed by atoms with Crippen molar-refractivity contribution in [3.8, 4) is 0 Å². The second-order valence-electron chi connectivity index (χ2n) is 0.848. The van der Waals surface area contributed by atoms with Gasteiger partial charge in [-0.1, -0.05) is 0 Å². The fourth-order valence-electron chi connectivity index (χ4n) is 0. The molecule has 0 radical (unpaired) electrons. The van der Waals surface area contributed by atoms with Gasteiger partial charge in [0, 0.05) is 0 Å². The van der Waals surface area contributed by atoms with Crippen molar-refractivity contribution in [1.29, 1.82) is 0 Å². The molecule has 74 valence electrons. The van der Waals surface area contributed by atoms with Crippen molar-refractivity contribution in [3.63, 3.8) is 0 Å². The van der Waals surface area contributed by atoms with Crippen molar-refractivity contribution in [2.45, 2.75) is 0 Å². The van der Waals surface area contributed by atoms with Crippen LogP contribution in [0.25, 0.3) is 0 Å². The monoisotopic (exact) mass is 242 g/mol. The van der Waals surface area contributed by atoms with Crippen LogP contribution in [0, 0.1) is 0 Å². The van der Waals surface area contributed by atoms with E-state index in [0.717, 1.165) is 0 Å². The van der Waals surface area contributed by atoms with Crippen molar-refractivity contribution >= 4 is 54.1 Å². The number of carbonyl (C=O) groups is 1. The van der Waals surface area contributed by atoms with Gasteiger partial charge in [-0.05, 0) is 0 Å². The molecule has 0 heterocycles. The zero-order valence-corrected chi connectivity index (χ0v) is 7.41. The predicted octanol–water partition coefficient (Wildman–Crippen LogP) is -3.65. The summed E-state index contributed by atoms with van der Waals surface area (Å²) in [7, 11) is -6.26. The molecule has 12 heteroatoms. The summed E-state index contributed by atoms with van der Waals surface area (Å²) < 4.78 is 17.5. The molecule has 0 aliphatic heterocycles. The van der Waals surface area contributed by atoms with E-state index in [1.165, 1.54) is 0 Å². The Morgan fingerprint density at radius 3 is 0.846 bits per heavy atom. The standard InChI is InChI=1S/CH2O3.Na.2H2O3Si.H/c2-1(3)4;;2*1-4(2)3;/h(H2,2,3,4);;2*1-2H;. The molecule has 13 heavy (non-hydrogen) atoms. The van der Waals surface area contributed by atoms with Gasteiger partial charge in [0.25, 0.3) is 0 Å². The average Bonchev–Trinajstić information content (AvgIpc) is 1.54. The van der Waals surface area contributed by atoms with E-state index in [1.54, 1.807) is 0 Å². The second-order valence-corrected chi connectivity index (χ2v) is 1.98. The van der Waals surface area contributed by atoms with Crippen LogP contribution in [0.15, 0.2) is 0 Å². The first-order chi connectivity index (χ1) is 5.20. The normalized spacial score (nSPS) is 5.54. The summed E-state index contributed by atoms with van der Waals surface area (Å²) in [6.07, 6.45) is -1.83. The molecular formula is CH7NaO9Si2. The number of hydrogen-bond donors (Lipinski definition) is 6. The fraction of sp³-hybridized carbons (Fsp3) is 0. The fourth-order valence-corrected chi connectivity index (χ4v) is 0. The molecule has 0 saturated heterocycles. The van der Waals surface area contributed by atoms with Gasteiger partial charge in [0.2, 0.25) is 0 Å². The van der Waals surface area contributed by atoms with Crippen LogP contribution in [0.4, 0.5) is 4.79 Å². The molecular weight excluding hydrogens is 235 g/mol. The van der Waals surface area contributed by atoms with E-state index in [-0.39, 0.29) is 29.6 Å². The van der Waals surface area contributed by atoms with Gasteiger partial charge in [-0.25, -0.2) is 4.79 Å². The van der Waals surface area contributed by atoms with Crippen LogP contribution >= 0.6 is 0 Å². The molecule has 0 aliphatic carbocycles. The third kappa shape index (κ3) is 4220. The van der Waals surface area contributed by atoms with Crippen LogP contribution in [0.5, 0.6) is 0 Å². The summed E-state index contributed by atoms with van der Waals surface area (Å²) >= 11 is 0. The SMILES string of the molecule is O=C(O)O.O=[Si](O)O.O=[Si](O)O.[NaH]. The Kier molecular flexibility index (Phi) is 30.9. The number of rotatable bonds is 0. The maximum atomic E-state index is 8.74. The Morgan fingerprint density at radius 2 is 0.846 bits per heavy atom. The molecule has 0 aromatic carbocycles. The summed E-state index contributed by atoms with van der Waals surface area (Å²) in [5, 5.41) is 13.9. The van der Waals surface area contributed by atoms with Crippen molar-refractivity contribution in [2.75, 3.05) is 0 Å². The molecule has 0 bridgehead atoms. The van der Waals surface area contributed by atoms with Crippen LogP contribution in [0.3, 0.4) is 0 Å². The topological polar surface area (TPSA) is 173 Å². The Balaban J connectivity index is -0.0000000450. The Bertz CT molecular complexity index is 115. The van der Waals surface area contributed by atoms with Crippen LogP contribution in [0.1, 0.15) is 0 Å². The van der Waals surface area contributed by atoms with Crippen LogP contribution in [-0.4, -0.2) is 83.4 Å². The quantitative estimate of drug-likeness (QED) is 0.234. The first kappa shape index (κ1) is 22.9. The maximum absolute atomic E-state index is 8.74. The molecule has 0 amide bonds. The third-order valence-electron chi connectivity index (χ3n) is 0. The van der Waals surface area contributed by atoms with E-state index in [2.05, 4.69) is 0 Å². The van der Waals surface area contributed by atoms with Crippen LogP contribution < -0.4 is 0 Å². The zero-order valence-electron chi connectivity index (χ0n) is 5.41.